The zero-order chi connectivity index (χ0) is 25.3. The number of benzene rings is 3. The maximum atomic E-state index is 13.0. The zero-order valence-corrected chi connectivity index (χ0v) is 21.7. The first-order valence-corrected chi connectivity index (χ1v) is 12.6. The van der Waals surface area contributed by atoms with E-state index in [9.17, 15) is 4.79 Å². The monoisotopic (exact) mass is 473 g/mol. The molecule has 35 heavy (non-hydrogen) atoms. The van der Waals surface area contributed by atoms with Crippen molar-refractivity contribution in [3.05, 3.63) is 95.6 Å². The number of carbonyl (C=O) groups is 1. The van der Waals surface area contributed by atoms with Crippen LogP contribution in [0.3, 0.4) is 0 Å². The summed E-state index contributed by atoms with van der Waals surface area (Å²) in [7, 11) is 1.70. The van der Waals surface area contributed by atoms with E-state index >= 15 is 0 Å². The minimum absolute atomic E-state index is 0.0812. The highest BCUT2D eigenvalue weighted by Crippen LogP contribution is 2.35. The molecule has 2 atom stereocenters. The van der Waals surface area contributed by atoms with Crippen molar-refractivity contribution in [2.24, 2.45) is 0 Å². The van der Waals surface area contributed by atoms with Crippen LogP contribution in [-0.4, -0.2) is 25.7 Å². The van der Waals surface area contributed by atoms with Crippen molar-refractivity contribution in [2.75, 3.05) is 13.7 Å². The molecule has 0 heterocycles. The number of amides is 1. The van der Waals surface area contributed by atoms with E-state index in [0.29, 0.717) is 13.0 Å². The van der Waals surface area contributed by atoms with Gasteiger partial charge in [-0.2, -0.15) is 0 Å². The topological polar surface area (TPSA) is 47.6 Å². The number of hydrogen-bond donors (Lipinski definition) is 1. The van der Waals surface area contributed by atoms with E-state index in [2.05, 4.69) is 49.5 Å². The molecule has 1 amide bonds. The van der Waals surface area contributed by atoms with Gasteiger partial charge < -0.3 is 14.8 Å². The van der Waals surface area contributed by atoms with Gasteiger partial charge in [-0.25, -0.2) is 0 Å². The fourth-order valence-corrected chi connectivity index (χ4v) is 4.55. The number of hydrogen-bond acceptors (Lipinski definition) is 3. The molecule has 0 fully saturated rings. The molecule has 4 heteroatoms. The van der Waals surface area contributed by atoms with Crippen molar-refractivity contribution in [2.45, 2.75) is 64.4 Å². The Morgan fingerprint density at radius 1 is 0.943 bits per heavy atom. The van der Waals surface area contributed by atoms with E-state index in [1.807, 2.05) is 62.4 Å². The highest BCUT2D eigenvalue weighted by atomic mass is 16.5. The summed E-state index contributed by atoms with van der Waals surface area (Å²) in [5, 5.41) is 3.18. The molecule has 4 nitrogen and oxygen atoms in total. The Hall–Kier alpha value is -3.27. The number of methoxy groups -OCH3 is 1. The van der Waals surface area contributed by atoms with Gasteiger partial charge in [0, 0.05) is 29.9 Å². The van der Waals surface area contributed by atoms with Gasteiger partial charge >= 0.3 is 0 Å². The molecule has 186 valence electrons. The van der Waals surface area contributed by atoms with E-state index in [0.717, 1.165) is 29.9 Å². The Bertz CT molecular complexity index is 1060. The number of carbonyl (C=O) groups excluding carboxylic acids is 1. The number of nitrogens with one attached hydrogen (secondary N) is 1. The van der Waals surface area contributed by atoms with Crippen LogP contribution in [-0.2, 0) is 10.2 Å². The lowest BCUT2D eigenvalue weighted by molar-refractivity contribution is -0.122. The van der Waals surface area contributed by atoms with Gasteiger partial charge in [0.1, 0.15) is 11.5 Å². The van der Waals surface area contributed by atoms with Gasteiger partial charge in [0.05, 0.1) is 13.2 Å². The van der Waals surface area contributed by atoms with E-state index in [1.54, 1.807) is 7.11 Å². The normalized spacial score (nSPS) is 13.7. The van der Waals surface area contributed by atoms with Gasteiger partial charge in [-0.3, -0.25) is 4.79 Å². The predicted molar refractivity (Wildman–Crippen MR) is 143 cm³/mol. The predicted octanol–water partition coefficient (Wildman–Crippen LogP) is 6.88. The van der Waals surface area contributed by atoms with Gasteiger partial charge in [-0.1, -0.05) is 74.5 Å². The maximum Gasteiger partial charge on any atom is 0.220 e. The first kappa shape index (κ1) is 26.3. The molecular weight excluding hydrogens is 434 g/mol. The minimum atomic E-state index is -0.181. The second kappa shape index (κ2) is 12.4. The zero-order valence-electron chi connectivity index (χ0n) is 21.7. The summed E-state index contributed by atoms with van der Waals surface area (Å²) in [6, 6.07) is 26.7. The van der Waals surface area contributed by atoms with Crippen LogP contribution in [0, 0.1) is 0 Å². The van der Waals surface area contributed by atoms with Crippen LogP contribution in [0.15, 0.2) is 78.9 Å². The van der Waals surface area contributed by atoms with Crippen LogP contribution in [0.25, 0.3) is 0 Å². The number of para-hydroxylation sites is 1. The van der Waals surface area contributed by atoms with Crippen LogP contribution in [0.4, 0.5) is 0 Å². The van der Waals surface area contributed by atoms with Crippen molar-refractivity contribution in [3.8, 4) is 11.5 Å². The molecule has 0 aromatic heterocycles. The van der Waals surface area contributed by atoms with Crippen molar-refractivity contribution in [1.82, 2.24) is 5.32 Å². The van der Waals surface area contributed by atoms with E-state index in [-0.39, 0.29) is 23.3 Å². The van der Waals surface area contributed by atoms with Crippen LogP contribution >= 0.6 is 0 Å². The molecule has 3 aromatic carbocycles. The lowest BCUT2D eigenvalue weighted by Gasteiger charge is -2.28. The van der Waals surface area contributed by atoms with Gasteiger partial charge in [0.25, 0.3) is 0 Å². The molecule has 0 saturated heterocycles. The van der Waals surface area contributed by atoms with Gasteiger partial charge in [-0.15, -0.1) is 0 Å². The Morgan fingerprint density at radius 3 is 2.23 bits per heavy atom. The summed E-state index contributed by atoms with van der Waals surface area (Å²) >= 11 is 0. The summed E-state index contributed by atoms with van der Waals surface area (Å²) < 4.78 is 11.5. The van der Waals surface area contributed by atoms with Crippen LogP contribution in [0.1, 0.15) is 69.6 Å². The largest absolute Gasteiger partial charge is 0.496 e. The Morgan fingerprint density at radius 2 is 1.60 bits per heavy atom. The third-order valence-electron chi connectivity index (χ3n) is 6.73. The lowest BCUT2D eigenvalue weighted by Crippen LogP contribution is -2.33. The van der Waals surface area contributed by atoms with Crippen LogP contribution < -0.4 is 14.8 Å². The van der Waals surface area contributed by atoms with Crippen molar-refractivity contribution in [3.63, 3.8) is 0 Å². The first-order valence-electron chi connectivity index (χ1n) is 12.6. The maximum absolute atomic E-state index is 13.0. The smallest absolute Gasteiger partial charge is 0.220 e. The van der Waals surface area contributed by atoms with Crippen molar-refractivity contribution < 1.29 is 14.3 Å². The summed E-state index contributed by atoms with van der Waals surface area (Å²) in [4.78, 5) is 13.0. The van der Waals surface area contributed by atoms with E-state index in [4.69, 9.17) is 9.47 Å². The molecule has 0 bridgehead atoms. The SMILES string of the molecule is CC[C@](C)(CC(=O)NCC[C@@H](c1ccc(OC(C)C)cc1)c1ccccc1OC)c1ccccc1. The molecule has 0 saturated carbocycles. The molecule has 1 N–H and O–H groups in total. The fourth-order valence-electron chi connectivity index (χ4n) is 4.55. The molecule has 0 spiro atoms. The quantitative estimate of drug-likeness (QED) is 0.312. The number of ether oxygens (including phenoxy) is 2. The van der Waals surface area contributed by atoms with E-state index in [1.165, 1.54) is 11.1 Å². The second-order valence-electron chi connectivity index (χ2n) is 9.63. The van der Waals surface area contributed by atoms with E-state index < -0.39 is 0 Å². The first-order chi connectivity index (χ1) is 16.9. The van der Waals surface area contributed by atoms with Crippen LogP contribution in [0.5, 0.6) is 11.5 Å². The molecule has 0 aliphatic rings. The van der Waals surface area contributed by atoms with Gasteiger partial charge in [-0.05, 0) is 56.0 Å². The summed E-state index contributed by atoms with van der Waals surface area (Å²) in [6.45, 7) is 8.94. The van der Waals surface area contributed by atoms with Crippen molar-refractivity contribution >= 4 is 5.91 Å². The Kier molecular flexibility index (Phi) is 9.36. The molecule has 0 unspecified atom stereocenters. The third kappa shape index (κ3) is 7.11. The molecular formula is C31H39NO3. The average molecular weight is 474 g/mol. The highest BCUT2D eigenvalue weighted by molar-refractivity contribution is 5.77. The Balaban J connectivity index is 1.73. The van der Waals surface area contributed by atoms with Gasteiger partial charge in [0.15, 0.2) is 0 Å². The summed E-state index contributed by atoms with van der Waals surface area (Å²) in [6.07, 6.45) is 2.27. The minimum Gasteiger partial charge on any atom is -0.496 e. The van der Waals surface area contributed by atoms with Crippen LogP contribution in [0.2, 0.25) is 0 Å². The van der Waals surface area contributed by atoms with Gasteiger partial charge in [0.2, 0.25) is 5.91 Å². The molecule has 3 aromatic rings. The molecule has 3 rings (SSSR count). The molecule has 0 radical (unpaired) electrons. The molecule has 0 aliphatic heterocycles. The second-order valence-corrected chi connectivity index (χ2v) is 9.63. The number of rotatable bonds is 12. The van der Waals surface area contributed by atoms with Crippen molar-refractivity contribution in [1.29, 1.82) is 0 Å². The Labute approximate surface area is 210 Å². The average Bonchev–Trinajstić information content (AvgIpc) is 2.87. The standard InChI is InChI=1S/C31H39NO3/c1-6-31(4,25-12-8-7-9-13-25)22-30(33)32-21-20-27(28-14-10-11-15-29(28)34-5)24-16-18-26(19-17-24)35-23(2)3/h7-19,23,27H,6,20-22H2,1-5H3,(H,32,33)/t27-,31+/m0/s1. The lowest BCUT2D eigenvalue weighted by atomic mass is 9.77. The fraction of sp³-hybridized carbons (Fsp3) is 0.387. The molecule has 0 aliphatic carbocycles. The highest BCUT2D eigenvalue weighted by Gasteiger charge is 2.28. The third-order valence-corrected chi connectivity index (χ3v) is 6.73. The summed E-state index contributed by atoms with van der Waals surface area (Å²) in [5.41, 5.74) is 3.31. The summed E-state index contributed by atoms with van der Waals surface area (Å²) in [5.74, 6) is 1.88.